The highest BCUT2D eigenvalue weighted by atomic mass is 79.9. The van der Waals surface area contributed by atoms with Crippen LogP contribution in [-0.2, 0) is 7.05 Å². The Morgan fingerprint density at radius 3 is 2.75 bits per heavy atom. The molecule has 0 saturated heterocycles. The number of aromatic nitrogens is 2. The zero-order valence-corrected chi connectivity index (χ0v) is 16.9. The van der Waals surface area contributed by atoms with Crippen molar-refractivity contribution in [2.24, 2.45) is 7.05 Å². The van der Waals surface area contributed by atoms with Crippen LogP contribution in [0.3, 0.4) is 0 Å². The van der Waals surface area contributed by atoms with Gasteiger partial charge < -0.3 is 9.88 Å². The van der Waals surface area contributed by atoms with Crippen LogP contribution in [0.2, 0.25) is 5.02 Å². The molecule has 0 bridgehead atoms. The van der Waals surface area contributed by atoms with Gasteiger partial charge in [-0.15, -0.1) is 0 Å². The lowest BCUT2D eigenvalue weighted by molar-refractivity contribution is 0.0932. The molecule has 3 aromatic rings. The zero-order chi connectivity index (χ0) is 17.4. The molecule has 3 rings (SSSR count). The average molecular weight is 472 g/mol. The number of nitrogens with zero attached hydrogens (tertiary/aromatic N) is 2. The molecule has 1 aromatic carbocycles. The van der Waals surface area contributed by atoms with Crippen LogP contribution in [-0.4, -0.2) is 15.5 Å². The van der Waals surface area contributed by atoms with E-state index in [4.69, 9.17) is 11.6 Å². The van der Waals surface area contributed by atoms with Gasteiger partial charge in [-0.25, -0.2) is 4.98 Å². The number of aryl methyl sites for hydroxylation is 1. The summed E-state index contributed by atoms with van der Waals surface area (Å²) >= 11 is 12.9. The highest BCUT2D eigenvalue weighted by molar-refractivity contribution is 9.11. The van der Waals surface area contributed by atoms with Gasteiger partial charge in [0.05, 0.1) is 6.04 Å². The first-order valence-electron chi connectivity index (χ1n) is 7.23. The predicted molar refractivity (Wildman–Crippen MR) is 103 cm³/mol. The molecule has 24 heavy (non-hydrogen) atoms. The Labute approximate surface area is 161 Å². The molecule has 0 aliphatic heterocycles. The largest absolute Gasteiger partial charge is 0.344 e. The number of carbonyl (C=O) groups is 1. The van der Waals surface area contributed by atoms with Gasteiger partial charge in [0.1, 0.15) is 10.3 Å². The summed E-state index contributed by atoms with van der Waals surface area (Å²) in [6.07, 6.45) is 1.74. The van der Waals surface area contributed by atoms with Crippen LogP contribution in [0.15, 0.2) is 45.6 Å². The topological polar surface area (TPSA) is 46.9 Å². The lowest BCUT2D eigenvalue weighted by atomic mass is 10.1. The Kier molecular flexibility index (Phi) is 4.99. The fourth-order valence-corrected chi connectivity index (χ4v) is 4.07. The number of nitrogens with one attached hydrogen (secondary N) is 1. The molecule has 2 aromatic heterocycles. The molecule has 0 spiro atoms. The van der Waals surface area contributed by atoms with E-state index in [1.807, 2.05) is 48.9 Å². The molecule has 4 nitrogen and oxygen atoms in total. The maximum atomic E-state index is 12.7. The SMILES string of the molecule is CC(NC(=O)c1cc2ccc(Cl)cc2n1C)c1cnc(Br)cc1Br. The van der Waals surface area contributed by atoms with Gasteiger partial charge in [0.2, 0.25) is 0 Å². The minimum Gasteiger partial charge on any atom is -0.344 e. The van der Waals surface area contributed by atoms with Gasteiger partial charge in [0, 0.05) is 39.2 Å². The number of benzene rings is 1. The van der Waals surface area contributed by atoms with Crippen LogP contribution >= 0.6 is 43.5 Å². The summed E-state index contributed by atoms with van der Waals surface area (Å²) in [7, 11) is 1.86. The standard InChI is InChI=1S/C17H14Br2ClN3O/c1-9(12-8-21-16(19)7-13(12)18)22-17(24)15-5-10-3-4-11(20)6-14(10)23(15)2/h3-9H,1-2H3,(H,22,24). The minimum atomic E-state index is -0.186. The van der Waals surface area contributed by atoms with E-state index in [1.54, 1.807) is 6.20 Å². The molecule has 0 aliphatic carbocycles. The average Bonchev–Trinajstić information content (AvgIpc) is 2.84. The number of hydrogen-bond acceptors (Lipinski definition) is 2. The first-order chi connectivity index (χ1) is 11.4. The van der Waals surface area contributed by atoms with E-state index in [0.29, 0.717) is 10.7 Å². The van der Waals surface area contributed by atoms with Gasteiger partial charge in [-0.1, -0.05) is 33.6 Å². The third-order valence-corrected chi connectivity index (χ3v) is 5.26. The van der Waals surface area contributed by atoms with E-state index in [9.17, 15) is 4.79 Å². The van der Waals surface area contributed by atoms with E-state index in [-0.39, 0.29) is 11.9 Å². The number of rotatable bonds is 3. The van der Waals surface area contributed by atoms with Crippen molar-refractivity contribution in [3.63, 3.8) is 0 Å². The summed E-state index contributed by atoms with van der Waals surface area (Å²) in [4.78, 5) is 16.9. The van der Waals surface area contributed by atoms with E-state index < -0.39 is 0 Å². The lowest BCUT2D eigenvalue weighted by Gasteiger charge is -2.16. The fraction of sp³-hybridized carbons (Fsp3) is 0.176. The number of fused-ring (bicyclic) bond motifs is 1. The highest BCUT2D eigenvalue weighted by Gasteiger charge is 2.18. The van der Waals surface area contributed by atoms with Crippen LogP contribution in [0.1, 0.15) is 29.0 Å². The quantitative estimate of drug-likeness (QED) is 0.531. The van der Waals surface area contributed by atoms with E-state index >= 15 is 0 Å². The monoisotopic (exact) mass is 469 g/mol. The van der Waals surface area contributed by atoms with Gasteiger partial charge in [0.15, 0.2) is 0 Å². The van der Waals surface area contributed by atoms with Crippen molar-refractivity contribution in [3.05, 3.63) is 61.9 Å². The Balaban J connectivity index is 1.88. The molecule has 1 atom stereocenters. The number of hydrogen-bond donors (Lipinski definition) is 1. The Morgan fingerprint density at radius 2 is 2.04 bits per heavy atom. The highest BCUT2D eigenvalue weighted by Crippen LogP contribution is 2.26. The van der Waals surface area contributed by atoms with Crippen molar-refractivity contribution in [2.45, 2.75) is 13.0 Å². The molecule has 0 fully saturated rings. The maximum Gasteiger partial charge on any atom is 0.268 e. The summed E-state index contributed by atoms with van der Waals surface area (Å²) in [5, 5.41) is 4.64. The van der Waals surface area contributed by atoms with Gasteiger partial charge in [-0.2, -0.15) is 0 Å². The first-order valence-corrected chi connectivity index (χ1v) is 9.20. The van der Waals surface area contributed by atoms with Crippen molar-refractivity contribution < 1.29 is 4.79 Å². The van der Waals surface area contributed by atoms with E-state index in [1.165, 1.54) is 0 Å². The Bertz CT molecular complexity index is 939. The molecule has 7 heteroatoms. The normalized spacial score (nSPS) is 12.4. The zero-order valence-electron chi connectivity index (χ0n) is 13.0. The number of carbonyl (C=O) groups excluding carboxylic acids is 1. The Hall–Kier alpha value is -1.37. The molecule has 124 valence electrons. The van der Waals surface area contributed by atoms with Gasteiger partial charge in [-0.05, 0) is 47.1 Å². The summed E-state index contributed by atoms with van der Waals surface area (Å²) in [6.45, 7) is 1.92. The van der Waals surface area contributed by atoms with Crippen molar-refractivity contribution in [1.29, 1.82) is 0 Å². The molecule has 0 aliphatic rings. The predicted octanol–water partition coefficient (Wildman–Crippen LogP) is 5.24. The van der Waals surface area contributed by atoms with Crippen LogP contribution in [0, 0.1) is 0 Å². The molecule has 0 radical (unpaired) electrons. The number of pyridine rings is 1. The van der Waals surface area contributed by atoms with Gasteiger partial charge in [0.25, 0.3) is 5.91 Å². The summed E-state index contributed by atoms with van der Waals surface area (Å²) < 4.78 is 3.47. The van der Waals surface area contributed by atoms with Crippen molar-refractivity contribution in [3.8, 4) is 0 Å². The second kappa shape index (κ2) is 6.86. The molecule has 1 amide bonds. The minimum absolute atomic E-state index is 0.146. The molecule has 0 saturated carbocycles. The number of halogens is 3. The third-order valence-electron chi connectivity index (χ3n) is 3.90. The summed E-state index contributed by atoms with van der Waals surface area (Å²) in [5.41, 5.74) is 2.42. The maximum absolute atomic E-state index is 12.7. The second-order valence-electron chi connectivity index (χ2n) is 5.52. The van der Waals surface area contributed by atoms with Crippen molar-refractivity contribution in [1.82, 2.24) is 14.9 Å². The lowest BCUT2D eigenvalue weighted by Crippen LogP contribution is -2.28. The fourth-order valence-electron chi connectivity index (χ4n) is 2.61. The van der Waals surface area contributed by atoms with Gasteiger partial charge >= 0.3 is 0 Å². The Morgan fingerprint density at radius 1 is 1.29 bits per heavy atom. The second-order valence-corrected chi connectivity index (χ2v) is 7.62. The third kappa shape index (κ3) is 3.36. The molecule has 1 N–H and O–H groups in total. The van der Waals surface area contributed by atoms with Crippen molar-refractivity contribution >= 4 is 60.3 Å². The molecule has 2 heterocycles. The van der Waals surface area contributed by atoms with Crippen LogP contribution in [0.25, 0.3) is 10.9 Å². The smallest absolute Gasteiger partial charge is 0.268 e. The molecular formula is C17H14Br2ClN3O. The van der Waals surface area contributed by atoms with Crippen molar-refractivity contribution in [2.75, 3.05) is 0 Å². The summed E-state index contributed by atoms with van der Waals surface area (Å²) in [5.74, 6) is -0.146. The van der Waals surface area contributed by atoms with Gasteiger partial charge in [-0.3, -0.25) is 4.79 Å². The van der Waals surface area contributed by atoms with Crippen LogP contribution in [0.5, 0.6) is 0 Å². The first kappa shape index (κ1) is 17.5. The van der Waals surface area contributed by atoms with E-state index in [2.05, 4.69) is 42.2 Å². The van der Waals surface area contributed by atoms with Crippen LogP contribution < -0.4 is 5.32 Å². The van der Waals surface area contributed by atoms with E-state index in [0.717, 1.165) is 25.5 Å². The molecule has 1 unspecified atom stereocenters. The summed E-state index contributed by atoms with van der Waals surface area (Å²) in [6, 6.07) is 9.12. The number of amides is 1. The van der Waals surface area contributed by atoms with Crippen LogP contribution in [0.4, 0.5) is 0 Å². The molecular weight excluding hydrogens is 457 g/mol.